The van der Waals surface area contributed by atoms with E-state index in [4.69, 9.17) is 5.11 Å². The molecule has 0 aliphatic carbocycles. The second-order valence-corrected chi connectivity index (χ2v) is 4.54. The number of benzene rings is 1. The van der Waals surface area contributed by atoms with Crippen molar-refractivity contribution in [3.05, 3.63) is 35.4 Å². The molecule has 1 fully saturated rings. The molecule has 1 aromatic rings. The molecule has 2 rings (SSSR count). The minimum atomic E-state index is -1.05. The minimum absolute atomic E-state index is 0.0418. The van der Waals surface area contributed by atoms with Crippen molar-refractivity contribution < 1.29 is 19.5 Å². The van der Waals surface area contributed by atoms with Gasteiger partial charge in [0.15, 0.2) is 0 Å². The second-order valence-electron chi connectivity index (χ2n) is 4.54. The summed E-state index contributed by atoms with van der Waals surface area (Å²) in [5, 5.41) is 9.09. The molecule has 1 aliphatic heterocycles. The highest BCUT2D eigenvalue weighted by Gasteiger charge is 2.25. The maximum atomic E-state index is 11.9. The Kier molecular flexibility index (Phi) is 3.94. The first-order valence-corrected chi connectivity index (χ1v) is 6.24. The van der Waals surface area contributed by atoms with Gasteiger partial charge in [-0.05, 0) is 24.5 Å². The van der Waals surface area contributed by atoms with Crippen molar-refractivity contribution in [1.29, 1.82) is 0 Å². The molecule has 100 valence electrons. The summed E-state index contributed by atoms with van der Waals surface area (Å²) in [6.45, 7) is 0.0418. The Morgan fingerprint density at radius 3 is 2.26 bits per heavy atom. The molecule has 0 spiro atoms. The van der Waals surface area contributed by atoms with Crippen molar-refractivity contribution in [3.8, 4) is 0 Å². The number of carbonyl (C=O) groups excluding carboxylic acids is 2. The number of likely N-dealkylation sites (tertiary alicyclic amines) is 1. The predicted octanol–water partition coefficient (Wildman–Crippen LogP) is 1.81. The van der Waals surface area contributed by atoms with Gasteiger partial charge >= 0.3 is 5.97 Å². The van der Waals surface area contributed by atoms with Gasteiger partial charge in [0.1, 0.15) is 0 Å². The van der Waals surface area contributed by atoms with Crippen LogP contribution in [0.3, 0.4) is 0 Å². The van der Waals surface area contributed by atoms with Crippen LogP contribution in [0.1, 0.15) is 41.6 Å². The van der Waals surface area contributed by atoms with E-state index < -0.39 is 5.97 Å². The molecule has 5 heteroatoms. The van der Waals surface area contributed by atoms with Crippen LogP contribution in [0.15, 0.2) is 24.3 Å². The summed E-state index contributed by atoms with van der Waals surface area (Å²) < 4.78 is 0. The Bertz CT molecular complexity index is 506. The van der Waals surface area contributed by atoms with Gasteiger partial charge < -0.3 is 5.11 Å². The third kappa shape index (κ3) is 2.99. The first kappa shape index (κ1) is 13.3. The first-order chi connectivity index (χ1) is 9.09. The van der Waals surface area contributed by atoms with Crippen molar-refractivity contribution in [2.45, 2.75) is 32.2 Å². The standard InChI is InChI=1S/C14H15NO4/c16-12-7-3-4-8-13(17)15(12)9-10-5-1-2-6-11(10)14(18)19/h1-2,5-6H,3-4,7-9H2,(H,18,19). The fourth-order valence-corrected chi connectivity index (χ4v) is 2.17. The Morgan fingerprint density at radius 2 is 1.68 bits per heavy atom. The number of carboxylic acids is 1. The zero-order valence-electron chi connectivity index (χ0n) is 10.5. The van der Waals surface area contributed by atoms with Crippen molar-refractivity contribution in [1.82, 2.24) is 4.90 Å². The Labute approximate surface area is 110 Å². The van der Waals surface area contributed by atoms with Gasteiger partial charge in [-0.3, -0.25) is 14.5 Å². The molecule has 0 aromatic heterocycles. The lowest BCUT2D eigenvalue weighted by Crippen LogP contribution is -2.35. The zero-order chi connectivity index (χ0) is 13.8. The highest BCUT2D eigenvalue weighted by Crippen LogP contribution is 2.18. The van der Waals surface area contributed by atoms with Gasteiger partial charge in [-0.2, -0.15) is 0 Å². The maximum Gasteiger partial charge on any atom is 0.336 e. The van der Waals surface area contributed by atoms with Crippen LogP contribution < -0.4 is 0 Å². The summed E-state index contributed by atoms with van der Waals surface area (Å²) >= 11 is 0. The summed E-state index contributed by atoms with van der Waals surface area (Å²) in [6, 6.07) is 6.44. The molecule has 5 nitrogen and oxygen atoms in total. The molecule has 0 unspecified atom stereocenters. The summed E-state index contributed by atoms with van der Waals surface area (Å²) in [4.78, 5) is 36.0. The van der Waals surface area contributed by atoms with Gasteiger partial charge in [0.25, 0.3) is 0 Å². The van der Waals surface area contributed by atoms with E-state index in [1.807, 2.05) is 0 Å². The minimum Gasteiger partial charge on any atom is -0.478 e. The van der Waals surface area contributed by atoms with E-state index in [2.05, 4.69) is 0 Å². The van der Waals surface area contributed by atoms with Crippen molar-refractivity contribution in [3.63, 3.8) is 0 Å². The summed E-state index contributed by atoms with van der Waals surface area (Å²) in [5.74, 6) is -1.49. The van der Waals surface area contributed by atoms with Crippen LogP contribution >= 0.6 is 0 Å². The third-order valence-electron chi connectivity index (χ3n) is 3.21. The van der Waals surface area contributed by atoms with Crippen LogP contribution in [0.2, 0.25) is 0 Å². The maximum absolute atomic E-state index is 11.9. The molecule has 1 aliphatic rings. The number of amides is 2. The number of nitrogens with zero attached hydrogens (tertiary/aromatic N) is 1. The van der Waals surface area contributed by atoms with Crippen LogP contribution in [0.5, 0.6) is 0 Å². The molecule has 1 heterocycles. The number of hydrogen-bond donors (Lipinski definition) is 1. The number of carboxylic acid groups (broad SMARTS) is 1. The lowest BCUT2D eigenvalue weighted by atomic mass is 10.1. The largest absolute Gasteiger partial charge is 0.478 e. The molecular weight excluding hydrogens is 246 g/mol. The van der Waals surface area contributed by atoms with Crippen molar-refractivity contribution in [2.24, 2.45) is 0 Å². The highest BCUT2D eigenvalue weighted by atomic mass is 16.4. The SMILES string of the molecule is O=C(O)c1ccccc1CN1C(=O)CCCCC1=O. The Balaban J connectivity index is 2.26. The predicted molar refractivity (Wildman–Crippen MR) is 67.4 cm³/mol. The Morgan fingerprint density at radius 1 is 1.11 bits per heavy atom. The fourth-order valence-electron chi connectivity index (χ4n) is 2.17. The van der Waals surface area contributed by atoms with E-state index in [0.717, 1.165) is 0 Å². The molecule has 0 radical (unpaired) electrons. The molecule has 0 atom stereocenters. The van der Waals surface area contributed by atoms with Gasteiger partial charge in [-0.15, -0.1) is 0 Å². The monoisotopic (exact) mass is 261 g/mol. The highest BCUT2D eigenvalue weighted by molar-refractivity contribution is 5.96. The number of rotatable bonds is 3. The van der Waals surface area contributed by atoms with Crippen LogP contribution in [-0.4, -0.2) is 27.8 Å². The van der Waals surface area contributed by atoms with Crippen LogP contribution in [-0.2, 0) is 16.1 Å². The van der Waals surface area contributed by atoms with E-state index in [9.17, 15) is 14.4 Å². The molecule has 1 saturated heterocycles. The van der Waals surface area contributed by atoms with Gasteiger partial charge in [0.05, 0.1) is 12.1 Å². The second kappa shape index (κ2) is 5.65. The van der Waals surface area contributed by atoms with Crippen molar-refractivity contribution >= 4 is 17.8 Å². The summed E-state index contributed by atoms with van der Waals surface area (Å²) in [6.07, 6.45) is 2.12. The van der Waals surface area contributed by atoms with E-state index in [1.54, 1.807) is 18.2 Å². The van der Waals surface area contributed by atoms with Crippen LogP contribution in [0, 0.1) is 0 Å². The summed E-state index contributed by atoms with van der Waals surface area (Å²) in [5.41, 5.74) is 0.617. The molecule has 0 saturated carbocycles. The fraction of sp³-hybridized carbons (Fsp3) is 0.357. The number of imide groups is 1. The number of aromatic carboxylic acids is 1. The molecule has 1 N–H and O–H groups in total. The third-order valence-corrected chi connectivity index (χ3v) is 3.21. The number of hydrogen-bond acceptors (Lipinski definition) is 3. The molecule has 1 aromatic carbocycles. The smallest absolute Gasteiger partial charge is 0.336 e. The van der Waals surface area contributed by atoms with Crippen molar-refractivity contribution in [2.75, 3.05) is 0 Å². The van der Waals surface area contributed by atoms with E-state index in [1.165, 1.54) is 11.0 Å². The van der Waals surface area contributed by atoms with Gasteiger partial charge in [-0.25, -0.2) is 4.79 Å². The van der Waals surface area contributed by atoms with Gasteiger partial charge in [-0.1, -0.05) is 18.2 Å². The number of carbonyl (C=O) groups is 3. The average molecular weight is 261 g/mol. The molecule has 0 bridgehead atoms. The first-order valence-electron chi connectivity index (χ1n) is 6.24. The van der Waals surface area contributed by atoms with Crippen LogP contribution in [0.4, 0.5) is 0 Å². The van der Waals surface area contributed by atoms with Gasteiger partial charge in [0, 0.05) is 12.8 Å². The van der Waals surface area contributed by atoms with E-state index in [-0.39, 0.29) is 23.9 Å². The molecule has 19 heavy (non-hydrogen) atoms. The average Bonchev–Trinajstić information content (AvgIpc) is 2.54. The topological polar surface area (TPSA) is 74.7 Å². The molecule has 2 amide bonds. The molecular formula is C14H15NO4. The lowest BCUT2D eigenvalue weighted by Gasteiger charge is -2.19. The summed E-state index contributed by atoms with van der Waals surface area (Å²) in [7, 11) is 0. The van der Waals surface area contributed by atoms with Gasteiger partial charge in [0.2, 0.25) is 11.8 Å². The quantitative estimate of drug-likeness (QED) is 0.842. The van der Waals surface area contributed by atoms with Crippen LogP contribution in [0.25, 0.3) is 0 Å². The van der Waals surface area contributed by atoms with E-state index >= 15 is 0 Å². The van der Waals surface area contributed by atoms with E-state index in [0.29, 0.717) is 31.2 Å². The lowest BCUT2D eigenvalue weighted by molar-refractivity contribution is -0.144. The Hall–Kier alpha value is -2.17. The normalized spacial score (nSPS) is 16.3. The zero-order valence-corrected chi connectivity index (χ0v) is 10.5.